The molecule has 2 nitrogen and oxygen atoms in total. The normalized spacial score (nSPS) is 12.8. The van der Waals surface area contributed by atoms with Crippen molar-refractivity contribution in [2.24, 2.45) is 5.73 Å². The van der Waals surface area contributed by atoms with Crippen molar-refractivity contribution in [3.05, 3.63) is 71.4 Å². The van der Waals surface area contributed by atoms with Crippen LogP contribution in [0.3, 0.4) is 0 Å². The zero-order valence-electron chi connectivity index (χ0n) is 11.3. The molecule has 20 heavy (non-hydrogen) atoms. The fourth-order valence-corrected chi connectivity index (χ4v) is 2.46. The van der Waals surface area contributed by atoms with E-state index in [1.54, 1.807) is 12.1 Å². The Kier molecular flexibility index (Phi) is 3.28. The molecule has 3 rings (SSSR count). The number of hydrogen-bond acceptors (Lipinski definition) is 2. The summed E-state index contributed by atoms with van der Waals surface area (Å²) in [6.45, 7) is 2.03. The van der Waals surface area contributed by atoms with Gasteiger partial charge in [0.05, 0.1) is 6.04 Å². The fraction of sp³-hybridized carbons (Fsp3) is 0.176. The highest BCUT2D eigenvalue weighted by Crippen LogP contribution is 2.29. The molecule has 1 atom stereocenters. The van der Waals surface area contributed by atoms with Crippen molar-refractivity contribution in [1.29, 1.82) is 0 Å². The maximum atomic E-state index is 13.8. The van der Waals surface area contributed by atoms with E-state index in [2.05, 4.69) is 0 Å². The third-order valence-electron chi connectivity index (χ3n) is 3.58. The largest absolute Gasteiger partial charge is 0.464 e. The van der Waals surface area contributed by atoms with E-state index in [1.807, 2.05) is 37.3 Å². The molecule has 3 heteroatoms. The molecule has 1 aromatic heterocycles. The van der Waals surface area contributed by atoms with Crippen LogP contribution in [0.15, 0.2) is 52.9 Å². The standard InChI is InChI=1S/C17H16FNO/c1-2-11-7-10-16(20-11)17(19)14-8-9-15(18)13-6-4-3-5-12(13)14/h3-10,17H,2,19H2,1H3. The first-order chi connectivity index (χ1) is 9.70. The topological polar surface area (TPSA) is 39.2 Å². The number of furan rings is 1. The average Bonchev–Trinajstić information content (AvgIpc) is 2.96. The Morgan fingerprint density at radius 2 is 1.80 bits per heavy atom. The summed E-state index contributed by atoms with van der Waals surface area (Å²) in [7, 11) is 0. The summed E-state index contributed by atoms with van der Waals surface area (Å²) >= 11 is 0. The van der Waals surface area contributed by atoms with E-state index >= 15 is 0 Å². The monoisotopic (exact) mass is 269 g/mol. The molecule has 1 unspecified atom stereocenters. The highest BCUT2D eigenvalue weighted by Gasteiger charge is 2.16. The second-order valence-corrected chi connectivity index (χ2v) is 4.82. The SMILES string of the molecule is CCc1ccc(C(N)c2ccc(F)c3ccccc23)o1. The van der Waals surface area contributed by atoms with Crippen LogP contribution in [0.5, 0.6) is 0 Å². The molecular weight excluding hydrogens is 253 g/mol. The molecule has 3 aromatic rings. The van der Waals surface area contributed by atoms with Crippen LogP contribution in [-0.4, -0.2) is 0 Å². The lowest BCUT2D eigenvalue weighted by Gasteiger charge is -2.13. The van der Waals surface area contributed by atoms with Gasteiger partial charge in [0.15, 0.2) is 0 Å². The lowest BCUT2D eigenvalue weighted by molar-refractivity contribution is 0.454. The number of nitrogens with two attached hydrogens (primary N) is 1. The molecule has 0 aliphatic heterocycles. The van der Waals surface area contributed by atoms with Crippen LogP contribution >= 0.6 is 0 Å². The van der Waals surface area contributed by atoms with Gasteiger partial charge in [-0.1, -0.05) is 37.3 Å². The second-order valence-electron chi connectivity index (χ2n) is 4.82. The van der Waals surface area contributed by atoms with E-state index in [0.717, 1.165) is 23.1 Å². The third-order valence-corrected chi connectivity index (χ3v) is 3.58. The maximum absolute atomic E-state index is 13.8. The molecule has 0 aliphatic rings. The first-order valence-electron chi connectivity index (χ1n) is 6.72. The summed E-state index contributed by atoms with van der Waals surface area (Å²) in [5.41, 5.74) is 7.16. The molecule has 102 valence electrons. The lowest BCUT2D eigenvalue weighted by Crippen LogP contribution is -2.11. The Hall–Kier alpha value is -2.13. The van der Waals surface area contributed by atoms with Crippen LogP contribution in [0.25, 0.3) is 10.8 Å². The minimum atomic E-state index is -0.388. The molecule has 0 aliphatic carbocycles. The molecule has 0 saturated carbocycles. The molecular formula is C17H16FNO. The predicted octanol–water partition coefficient (Wildman–Crippen LogP) is 4.18. The van der Waals surface area contributed by atoms with Gasteiger partial charge in [-0.05, 0) is 29.1 Å². The number of rotatable bonds is 3. The van der Waals surface area contributed by atoms with Crippen molar-refractivity contribution < 1.29 is 8.81 Å². The summed E-state index contributed by atoms with van der Waals surface area (Å²) in [6, 6.07) is 14.0. The van der Waals surface area contributed by atoms with Gasteiger partial charge < -0.3 is 10.2 Å². The van der Waals surface area contributed by atoms with Gasteiger partial charge in [0.25, 0.3) is 0 Å². The summed E-state index contributed by atoms with van der Waals surface area (Å²) in [5.74, 6) is 1.38. The Morgan fingerprint density at radius 1 is 1.05 bits per heavy atom. The molecule has 0 saturated heterocycles. The Morgan fingerprint density at radius 3 is 2.50 bits per heavy atom. The van der Waals surface area contributed by atoms with Gasteiger partial charge in [-0.25, -0.2) is 4.39 Å². The van der Waals surface area contributed by atoms with E-state index in [4.69, 9.17) is 10.2 Å². The molecule has 0 amide bonds. The number of halogens is 1. The lowest BCUT2D eigenvalue weighted by atomic mass is 9.97. The molecule has 0 bridgehead atoms. The predicted molar refractivity (Wildman–Crippen MR) is 78.0 cm³/mol. The fourth-order valence-electron chi connectivity index (χ4n) is 2.46. The van der Waals surface area contributed by atoms with Gasteiger partial charge in [-0.15, -0.1) is 0 Å². The van der Waals surface area contributed by atoms with Crippen molar-refractivity contribution in [2.45, 2.75) is 19.4 Å². The number of aryl methyl sites for hydroxylation is 1. The van der Waals surface area contributed by atoms with Crippen molar-refractivity contribution in [3.8, 4) is 0 Å². The number of hydrogen-bond donors (Lipinski definition) is 1. The van der Waals surface area contributed by atoms with Crippen molar-refractivity contribution >= 4 is 10.8 Å². The zero-order chi connectivity index (χ0) is 14.1. The van der Waals surface area contributed by atoms with Crippen LogP contribution < -0.4 is 5.73 Å². The summed E-state index contributed by atoms with van der Waals surface area (Å²) in [5, 5.41) is 1.41. The minimum absolute atomic E-state index is 0.231. The van der Waals surface area contributed by atoms with Crippen LogP contribution in [-0.2, 0) is 6.42 Å². The van der Waals surface area contributed by atoms with E-state index in [-0.39, 0.29) is 11.9 Å². The highest BCUT2D eigenvalue weighted by atomic mass is 19.1. The Balaban J connectivity index is 2.12. The first-order valence-corrected chi connectivity index (χ1v) is 6.72. The summed E-state index contributed by atoms with van der Waals surface area (Å²) < 4.78 is 19.5. The van der Waals surface area contributed by atoms with Crippen molar-refractivity contribution in [3.63, 3.8) is 0 Å². The van der Waals surface area contributed by atoms with Gasteiger partial charge in [0.1, 0.15) is 17.3 Å². The van der Waals surface area contributed by atoms with Crippen molar-refractivity contribution in [2.75, 3.05) is 0 Å². The second kappa shape index (κ2) is 5.10. The molecule has 0 fully saturated rings. The smallest absolute Gasteiger partial charge is 0.131 e. The van der Waals surface area contributed by atoms with Gasteiger partial charge >= 0.3 is 0 Å². The number of fused-ring (bicyclic) bond motifs is 1. The van der Waals surface area contributed by atoms with Gasteiger partial charge in [0, 0.05) is 11.8 Å². The van der Waals surface area contributed by atoms with E-state index < -0.39 is 0 Å². The summed E-state index contributed by atoms with van der Waals surface area (Å²) in [6.07, 6.45) is 0.830. The van der Waals surface area contributed by atoms with E-state index in [9.17, 15) is 4.39 Å². The Labute approximate surface area is 117 Å². The highest BCUT2D eigenvalue weighted by molar-refractivity contribution is 5.87. The van der Waals surface area contributed by atoms with Gasteiger partial charge in [-0.2, -0.15) is 0 Å². The van der Waals surface area contributed by atoms with Crippen LogP contribution in [0, 0.1) is 5.82 Å². The quantitative estimate of drug-likeness (QED) is 0.774. The Bertz CT molecular complexity index is 748. The van der Waals surface area contributed by atoms with Crippen LogP contribution in [0.2, 0.25) is 0 Å². The summed E-state index contributed by atoms with van der Waals surface area (Å²) in [4.78, 5) is 0. The molecule has 2 N–H and O–H groups in total. The molecule has 2 aromatic carbocycles. The molecule has 1 heterocycles. The van der Waals surface area contributed by atoms with Gasteiger partial charge in [-0.3, -0.25) is 0 Å². The third kappa shape index (κ3) is 2.10. The number of benzene rings is 2. The minimum Gasteiger partial charge on any atom is -0.464 e. The van der Waals surface area contributed by atoms with Crippen LogP contribution in [0.4, 0.5) is 4.39 Å². The molecule has 0 radical (unpaired) electrons. The molecule has 0 spiro atoms. The first kappa shape index (κ1) is 12.9. The van der Waals surface area contributed by atoms with Crippen molar-refractivity contribution in [1.82, 2.24) is 0 Å². The van der Waals surface area contributed by atoms with Gasteiger partial charge in [0.2, 0.25) is 0 Å². The van der Waals surface area contributed by atoms with E-state index in [0.29, 0.717) is 11.1 Å². The van der Waals surface area contributed by atoms with E-state index in [1.165, 1.54) is 6.07 Å². The maximum Gasteiger partial charge on any atom is 0.131 e. The average molecular weight is 269 g/mol. The van der Waals surface area contributed by atoms with Crippen LogP contribution in [0.1, 0.15) is 30.0 Å². The zero-order valence-corrected chi connectivity index (χ0v) is 11.3.